The van der Waals surface area contributed by atoms with E-state index in [0.29, 0.717) is 12.2 Å². The zero-order valence-corrected chi connectivity index (χ0v) is 16.8. The summed E-state index contributed by atoms with van der Waals surface area (Å²) in [5.41, 5.74) is 1.60. The zero-order valence-electron chi connectivity index (χ0n) is 16.0. The number of aromatic nitrogens is 3. The molecule has 3 heterocycles. The van der Waals surface area contributed by atoms with Gasteiger partial charge in [-0.15, -0.1) is 5.10 Å². The molecule has 4 rings (SSSR count). The van der Waals surface area contributed by atoms with Crippen LogP contribution in [0.25, 0.3) is 11.8 Å². The first-order valence-electron chi connectivity index (χ1n) is 9.35. The van der Waals surface area contributed by atoms with Crippen LogP contribution in [0.4, 0.5) is 0 Å². The smallest absolute Gasteiger partial charge is 0.354 e. The number of pyridine rings is 1. The quantitative estimate of drug-likeness (QED) is 0.728. The SMILES string of the molecule is CC.O=c1n(C=CCN2C=CNC(c3cccc(Cl)c3)C2)nc2ccccn12. The van der Waals surface area contributed by atoms with Crippen LogP contribution < -0.4 is 11.0 Å². The molecule has 0 radical (unpaired) electrons. The number of halogens is 1. The fourth-order valence-corrected chi connectivity index (χ4v) is 3.19. The van der Waals surface area contributed by atoms with Crippen LogP contribution in [-0.2, 0) is 0 Å². The van der Waals surface area contributed by atoms with Crippen LogP contribution in [0.1, 0.15) is 25.5 Å². The summed E-state index contributed by atoms with van der Waals surface area (Å²) in [5.74, 6) is 0. The Hall–Kier alpha value is -2.99. The minimum atomic E-state index is -0.176. The summed E-state index contributed by atoms with van der Waals surface area (Å²) in [6, 6.07) is 13.5. The third-order valence-electron chi connectivity index (χ3n) is 4.29. The number of hydrogen-bond acceptors (Lipinski definition) is 4. The van der Waals surface area contributed by atoms with Gasteiger partial charge in [0.15, 0.2) is 5.65 Å². The van der Waals surface area contributed by atoms with Gasteiger partial charge < -0.3 is 10.2 Å². The number of nitrogens with zero attached hydrogens (tertiary/aromatic N) is 4. The lowest BCUT2D eigenvalue weighted by Crippen LogP contribution is -2.34. The standard InChI is InChI=1S/C19H18ClN5O.C2H6/c20-16-6-3-5-15(13-16)17-14-23(12-8-21-17)9-4-11-25-19(26)24-10-2-1-7-18(24)22-25;1-2/h1-8,10-13,17,21H,9,14H2;1-2H3. The van der Waals surface area contributed by atoms with E-state index in [0.717, 1.165) is 17.1 Å². The van der Waals surface area contributed by atoms with E-state index in [2.05, 4.69) is 21.4 Å². The highest BCUT2D eigenvalue weighted by atomic mass is 35.5. The van der Waals surface area contributed by atoms with E-state index in [-0.39, 0.29) is 11.7 Å². The molecular formula is C21H24ClN5O. The van der Waals surface area contributed by atoms with Gasteiger partial charge >= 0.3 is 5.69 Å². The lowest BCUT2D eigenvalue weighted by Gasteiger charge is -2.30. The van der Waals surface area contributed by atoms with Crippen molar-refractivity contribution >= 4 is 23.4 Å². The van der Waals surface area contributed by atoms with E-state index in [1.807, 2.05) is 62.7 Å². The third kappa shape index (κ3) is 4.46. The Kier molecular flexibility index (Phi) is 6.55. The minimum Gasteiger partial charge on any atom is -0.381 e. The molecule has 28 heavy (non-hydrogen) atoms. The van der Waals surface area contributed by atoms with E-state index in [1.54, 1.807) is 18.5 Å². The third-order valence-corrected chi connectivity index (χ3v) is 4.52. The molecule has 6 nitrogen and oxygen atoms in total. The molecule has 7 heteroatoms. The average molecular weight is 398 g/mol. The lowest BCUT2D eigenvalue weighted by atomic mass is 10.1. The maximum Gasteiger partial charge on any atom is 0.354 e. The second kappa shape index (κ2) is 9.28. The van der Waals surface area contributed by atoms with Gasteiger partial charge in [0.2, 0.25) is 0 Å². The Morgan fingerprint density at radius 2 is 2.11 bits per heavy atom. The number of hydrogen-bond donors (Lipinski definition) is 1. The molecule has 1 aliphatic heterocycles. The van der Waals surface area contributed by atoms with E-state index in [9.17, 15) is 4.79 Å². The minimum absolute atomic E-state index is 0.171. The Labute approximate surface area is 169 Å². The molecule has 146 valence electrons. The van der Waals surface area contributed by atoms with Crippen molar-refractivity contribution in [2.24, 2.45) is 0 Å². The summed E-state index contributed by atoms with van der Waals surface area (Å²) >= 11 is 6.09. The van der Waals surface area contributed by atoms with Crippen molar-refractivity contribution in [1.29, 1.82) is 0 Å². The van der Waals surface area contributed by atoms with Crippen molar-refractivity contribution in [3.63, 3.8) is 0 Å². The van der Waals surface area contributed by atoms with Gasteiger partial charge in [-0.3, -0.25) is 0 Å². The normalized spacial score (nSPS) is 16.1. The maximum absolute atomic E-state index is 12.2. The second-order valence-corrected chi connectivity index (χ2v) is 6.52. The lowest BCUT2D eigenvalue weighted by molar-refractivity contribution is 0.340. The molecule has 1 atom stereocenters. The summed E-state index contributed by atoms with van der Waals surface area (Å²) in [5, 5.41) is 8.37. The predicted molar refractivity (Wildman–Crippen MR) is 114 cm³/mol. The van der Waals surface area contributed by atoms with E-state index >= 15 is 0 Å². The molecule has 1 aromatic carbocycles. The molecule has 0 spiro atoms. The van der Waals surface area contributed by atoms with Crippen molar-refractivity contribution in [2.75, 3.05) is 13.1 Å². The van der Waals surface area contributed by atoms with Gasteiger partial charge in [-0.05, 0) is 35.9 Å². The zero-order chi connectivity index (χ0) is 19.9. The highest BCUT2D eigenvalue weighted by Gasteiger charge is 2.16. The Morgan fingerprint density at radius 1 is 1.25 bits per heavy atom. The van der Waals surface area contributed by atoms with Crippen LogP contribution in [-0.4, -0.2) is 32.2 Å². The van der Waals surface area contributed by atoms with Crippen LogP contribution in [0.3, 0.4) is 0 Å². The number of fused-ring (bicyclic) bond motifs is 1. The molecule has 0 aliphatic carbocycles. The number of benzene rings is 1. The molecule has 1 unspecified atom stereocenters. The highest BCUT2D eigenvalue weighted by Crippen LogP contribution is 2.20. The van der Waals surface area contributed by atoms with E-state index in [4.69, 9.17) is 11.6 Å². The second-order valence-electron chi connectivity index (χ2n) is 6.08. The van der Waals surface area contributed by atoms with Gasteiger partial charge in [0.05, 0.1) is 6.04 Å². The summed E-state index contributed by atoms with van der Waals surface area (Å²) < 4.78 is 2.87. The topological polar surface area (TPSA) is 54.6 Å². The van der Waals surface area contributed by atoms with Crippen molar-refractivity contribution in [1.82, 2.24) is 24.4 Å². The first-order chi connectivity index (χ1) is 13.7. The maximum atomic E-state index is 12.2. The van der Waals surface area contributed by atoms with Crippen molar-refractivity contribution in [3.8, 4) is 0 Å². The fourth-order valence-electron chi connectivity index (χ4n) is 2.99. The van der Waals surface area contributed by atoms with Crippen molar-refractivity contribution in [2.45, 2.75) is 19.9 Å². The van der Waals surface area contributed by atoms with Gasteiger partial charge in [0, 0.05) is 42.9 Å². The van der Waals surface area contributed by atoms with Crippen molar-refractivity contribution < 1.29 is 0 Å². The molecule has 1 aliphatic rings. The predicted octanol–water partition coefficient (Wildman–Crippen LogP) is 3.76. The van der Waals surface area contributed by atoms with Gasteiger partial charge in [-0.1, -0.05) is 43.6 Å². The Bertz CT molecular complexity index is 1040. The van der Waals surface area contributed by atoms with Gasteiger partial charge in [-0.2, -0.15) is 4.68 Å². The highest BCUT2D eigenvalue weighted by molar-refractivity contribution is 6.30. The molecule has 2 aromatic heterocycles. The molecule has 0 bridgehead atoms. The Balaban J connectivity index is 0.00000109. The van der Waals surface area contributed by atoms with Gasteiger partial charge in [-0.25, -0.2) is 9.20 Å². The van der Waals surface area contributed by atoms with Gasteiger partial charge in [0.1, 0.15) is 0 Å². The monoisotopic (exact) mass is 397 g/mol. The average Bonchev–Trinajstić information content (AvgIpc) is 3.06. The molecular weight excluding hydrogens is 374 g/mol. The van der Waals surface area contributed by atoms with Crippen LogP contribution in [0.15, 0.2) is 71.9 Å². The first kappa shape index (κ1) is 19.8. The summed E-state index contributed by atoms with van der Waals surface area (Å²) in [6.45, 7) is 5.48. The summed E-state index contributed by atoms with van der Waals surface area (Å²) in [4.78, 5) is 14.4. The first-order valence-corrected chi connectivity index (χ1v) is 9.73. The van der Waals surface area contributed by atoms with Gasteiger partial charge in [0.25, 0.3) is 0 Å². The van der Waals surface area contributed by atoms with Crippen LogP contribution in [0.2, 0.25) is 5.02 Å². The summed E-state index contributed by atoms with van der Waals surface area (Å²) in [6.07, 6.45) is 9.28. The largest absolute Gasteiger partial charge is 0.381 e. The summed E-state index contributed by atoms with van der Waals surface area (Å²) in [7, 11) is 0. The van der Waals surface area contributed by atoms with Crippen LogP contribution in [0.5, 0.6) is 0 Å². The molecule has 0 fully saturated rings. The van der Waals surface area contributed by atoms with E-state index < -0.39 is 0 Å². The van der Waals surface area contributed by atoms with Crippen molar-refractivity contribution in [3.05, 3.63) is 88.2 Å². The number of nitrogens with one attached hydrogen (secondary N) is 1. The van der Waals surface area contributed by atoms with Crippen LogP contribution >= 0.6 is 11.6 Å². The number of rotatable bonds is 4. The molecule has 0 saturated heterocycles. The molecule has 1 N–H and O–H groups in total. The molecule has 0 amide bonds. The van der Waals surface area contributed by atoms with Crippen LogP contribution in [0, 0.1) is 0 Å². The Morgan fingerprint density at radius 3 is 2.89 bits per heavy atom. The van der Waals surface area contributed by atoms with E-state index in [1.165, 1.54) is 9.08 Å². The fraction of sp³-hybridized carbons (Fsp3) is 0.238. The molecule has 3 aromatic rings. The molecule has 0 saturated carbocycles.